The summed E-state index contributed by atoms with van der Waals surface area (Å²) in [5.74, 6) is -0.915. The molecule has 0 aliphatic heterocycles. The van der Waals surface area contributed by atoms with E-state index >= 15 is 0 Å². The van der Waals surface area contributed by atoms with Crippen LogP contribution in [-0.4, -0.2) is 38.4 Å². The van der Waals surface area contributed by atoms with Crippen LogP contribution >= 0.6 is 0 Å². The summed E-state index contributed by atoms with van der Waals surface area (Å²) >= 11 is 0. The summed E-state index contributed by atoms with van der Waals surface area (Å²) in [6, 6.07) is 8.53. The van der Waals surface area contributed by atoms with E-state index in [1.54, 1.807) is 6.20 Å². The number of aromatic nitrogens is 3. The Kier molecular flexibility index (Phi) is 4.89. The normalized spacial score (nSPS) is 10.6. The third kappa shape index (κ3) is 4.11. The lowest BCUT2D eigenvalue weighted by Gasteiger charge is -2.06. The number of nitrogens with zero attached hydrogens (tertiary/aromatic N) is 2. The molecule has 0 unspecified atom stereocenters. The average molecular weight is 339 g/mol. The first kappa shape index (κ1) is 16.4. The van der Waals surface area contributed by atoms with Gasteiger partial charge in [-0.1, -0.05) is 0 Å². The van der Waals surface area contributed by atoms with Crippen LogP contribution in [0, 0.1) is 0 Å². The number of pyridine rings is 2. The van der Waals surface area contributed by atoms with E-state index in [4.69, 9.17) is 0 Å². The summed E-state index contributed by atoms with van der Waals surface area (Å²) in [4.78, 5) is 34.9. The van der Waals surface area contributed by atoms with Crippen LogP contribution in [0.1, 0.15) is 22.6 Å². The van der Waals surface area contributed by atoms with Crippen molar-refractivity contribution in [3.05, 3.63) is 54.1 Å². The van der Waals surface area contributed by atoms with Gasteiger partial charge in [-0.05, 0) is 30.3 Å². The zero-order chi connectivity index (χ0) is 17.6. The molecule has 0 atom stereocenters. The Morgan fingerprint density at radius 2 is 1.92 bits per heavy atom. The third-order valence-electron chi connectivity index (χ3n) is 3.56. The molecule has 0 spiro atoms. The summed E-state index contributed by atoms with van der Waals surface area (Å²) in [6.45, 7) is 0.499. The molecule has 3 rings (SSSR count). The Morgan fingerprint density at radius 3 is 2.72 bits per heavy atom. The lowest BCUT2D eigenvalue weighted by atomic mass is 10.3. The number of hydrogen-bond donors (Lipinski definition) is 4. The van der Waals surface area contributed by atoms with Crippen molar-refractivity contribution in [3.8, 4) is 5.75 Å². The Hall–Kier alpha value is -3.42. The van der Waals surface area contributed by atoms with Crippen molar-refractivity contribution >= 4 is 22.8 Å². The van der Waals surface area contributed by atoms with Crippen LogP contribution in [0.25, 0.3) is 11.0 Å². The number of carbonyl (C=O) groups excluding carboxylic acids is 2. The number of nitrogens with one attached hydrogen (secondary N) is 3. The molecule has 0 aliphatic rings. The maximum atomic E-state index is 11.9. The van der Waals surface area contributed by atoms with Gasteiger partial charge in [0, 0.05) is 31.1 Å². The van der Waals surface area contributed by atoms with Crippen LogP contribution < -0.4 is 10.6 Å². The second-order valence-electron chi connectivity index (χ2n) is 5.38. The first-order valence-electron chi connectivity index (χ1n) is 7.75. The molecule has 8 nitrogen and oxygen atoms in total. The van der Waals surface area contributed by atoms with Crippen LogP contribution in [0.15, 0.2) is 42.7 Å². The molecule has 0 saturated carbocycles. The Morgan fingerprint density at radius 1 is 1.12 bits per heavy atom. The topological polar surface area (TPSA) is 120 Å². The van der Waals surface area contributed by atoms with Crippen LogP contribution in [0.5, 0.6) is 5.75 Å². The Balaban J connectivity index is 1.44. The predicted octanol–water partition coefficient (Wildman–Crippen LogP) is 1.10. The molecule has 3 aromatic rings. The fourth-order valence-electron chi connectivity index (χ4n) is 2.33. The van der Waals surface area contributed by atoms with E-state index in [-0.39, 0.29) is 30.3 Å². The van der Waals surface area contributed by atoms with Crippen LogP contribution in [0.3, 0.4) is 0 Å². The third-order valence-corrected chi connectivity index (χ3v) is 3.56. The van der Waals surface area contributed by atoms with Gasteiger partial charge in [0.15, 0.2) is 5.69 Å². The number of aromatic hydroxyl groups is 1. The van der Waals surface area contributed by atoms with Gasteiger partial charge < -0.3 is 20.7 Å². The number of amides is 2. The average Bonchev–Trinajstić information content (AvgIpc) is 3.03. The van der Waals surface area contributed by atoms with Gasteiger partial charge in [0.2, 0.25) is 5.91 Å². The smallest absolute Gasteiger partial charge is 0.273 e. The number of rotatable bonds is 6. The van der Waals surface area contributed by atoms with Gasteiger partial charge in [-0.3, -0.25) is 14.6 Å². The number of hydrogen-bond acceptors (Lipinski definition) is 5. The fourth-order valence-corrected chi connectivity index (χ4v) is 2.33. The molecule has 0 fully saturated rings. The van der Waals surface area contributed by atoms with Crippen molar-refractivity contribution in [2.45, 2.75) is 13.0 Å². The van der Waals surface area contributed by atoms with Gasteiger partial charge >= 0.3 is 0 Å². The highest BCUT2D eigenvalue weighted by Gasteiger charge is 2.12. The zero-order valence-electron chi connectivity index (χ0n) is 13.3. The standard InChI is InChI=1S/C17H17N5O3/c23-14-4-2-7-19-16(14)17(25)20-8-5-15(24)21-10-11-9-13-12(22-11)3-1-6-18-13/h1-4,6-7,9,22-23H,5,8,10H2,(H,20,25)(H,21,24). The Labute approximate surface area is 143 Å². The predicted molar refractivity (Wildman–Crippen MR) is 90.8 cm³/mol. The molecule has 8 heteroatoms. The van der Waals surface area contributed by atoms with Crippen LogP contribution in [0.4, 0.5) is 0 Å². The molecule has 4 N–H and O–H groups in total. The SMILES string of the molecule is O=C(CCNC(=O)c1ncccc1O)NCc1cc2ncccc2[nH]1. The molecule has 128 valence electrons. The van der Waals surface area contributed by atoms with Gasteiger partial charge in [0.05, 0.1) is 17.6 Å². The first-order chi connectivity index (χ1) is 12.1. The molecule has 0 aromatic carbocycles. The molecular weight excluding hydrogens is 322 g/mol. The number of carbonyl (C=O) groups is 2. The van der Waals surface area contributed by atoms with Crippen molar-refractivity contribution in [2.24, 2.45) is 0 Å². The molecule has 25 heavy (non-hydrogen) atoms. The second kappa shape index (κ2) is 7.43. The lowest BCUT2D eigenvalue weighted by Crippen LogP contribution is -2.31. The molecule has 0 aliphatic carbocycles. The van der Waals surface area contributed by atoms with Crippen LogP contribution in [0.2, 0.25) is 0 Å². The highest BCUT2D eigenvalue weighted by molar-refractivity contribution is 5.94. The molecule has 0 radical (unpaired) electrons. The van der Waals surface area contributed by atoms with Gasteiger partial charge in [0.25, 0.3) is 5.91 Å². The monoisotopic (exact) mass is 339 g/mol. The number of aromatic amines is 1. The van der Waals surface area contributed by atoms with E-state index in [2.05, 4.69) is 25.6 Å². The van der Waals surface area contributed by atoms with Crippen molar-refractivity contribution in [1.29, 1.82) is 0 Å². The van der Waals surface area contributed by atoms with E-state index in [0.29, 0.717) is 6.54 Å². The van der Waals surface area contributed by atoms with E-state index in [1.165, 1.54) is 18.3 Å². The largest absolute Gasteiger partial charge is 0.505 e. The summed E-state index contributed by atoms with van der Waals surface area (Å²) in [6.07, 6.45) is 3.24. The summed E-state index contributed by atoms with van der Waals surface area (Å²) in [5.41, 5.74) is 2.54. The van der Waals surface area contributed by atoms with E-state index in [9.17, 15) is 14.7 Å². The fraction of sp³-hybridized carbons (Fsp3) is 0.176. The molecule has 3 heterocycles. The zero-order valence-corrected chi connectivity index (χ0v) is 13.3. The molecule has 0 saturated heterocycles. The van der Waals surface area contributed by atoms with E-state index in [1.807, 2.05) is 18.2 Å². The second-order valence-corrected chi connectivity index (χ2v) is 5.38. The van der Waals surface area contributed by atoms with Gasteiger partial charge in [-0.25, -0.2) is 4.98 Å². The first-order valence-corrected chi connectivity index (χ1v) is 7.75. The minimum absolute atomic E-state index is 0.0616. The van der Waals surface area contributed by atoms with Crippen molar-refractivity contribution in [2.75, 3.05) is 6.54 Å². The lowest BCUT2D eigenvalue weighted by molar-refractivity contribution is -0.121. The van der Waals surface area contributed by atoms with Gasteiger partial charge in [-0.2, -0.15) is 0 Å². The summed E-state index contributed by atoms with van der Waals surface area (Å²) in [5, 5.41) is 14.9. The number of H-pyrrole nitrogens is 1. The minimum Gasteiger partial charge on any atom is -0.505 e. The molecule has 3 aromatic heterocycles. The molecule has 2 amide bonds. The minimum atomic E-state index is -0.521. The molecular formula is C17H17N5O3. The maximum absolute atomic E-state index is 11.9. The van der Waals surface area contributed by atoms with Crippen molar-refractivity contribution < 1.29 is 14.7 Å². The van der Waals surface area contributed by atoms with Crippen LogP contribution in [-0.2, 0) is 11.3 Å². The quantitative estimate of drug-likeness (QED) is 0.536. The van der Waals surface area contributed by atoms with E-state index < -0.39 is 5.91 Å². The summed E-state index contributed by atoms with van der Waals surface area (Å²) < 4.78 is 0. The van der Waals surface area contributed by atoms with Crippen molar-refractivity contribution in [3.63, 3.8) is 0 Å². The van der Waals surface area contributed by atoms with Gasteiger partial charge in [0.1, 0.15) is 5.75 Å². The maximum Gasteiger partial charge on any atom is 0.273 e. The summed E-state index contributed by atoms with van der Waals surface area (Å²) in [7, 11) is 0. The molecule has 0 bridgehead atoms. The Bertz CT molecular complexity index is 873. The van der Waals surface area contributed by atoms with E-state index in [0.717, 1.165) is 16.7 Å². The highest BCUT2D eigenvalue weighted by Crippen LogP contribution is 2.12. The highest BCUT2D eigenvalue weighted by atomic mass is 16.3. The number of fused-ring (bicyclic) bond motifs is 1. The van der Waals surface area contributed by atoms with Gasteiger partial charge in [-0.15, -0.1) is 0 Å². The van der Waals surface area contributed by atoms with Crippen molar-refractivity contribution in [1.82, 2.24) is 25.6 Å².